The number of benzene rings is 1. The van der Waals surface area contributed by atoms with Crippen molar-refractivity contribution in [3.63, 3.8) is 0 Å². The third-order valence-corrected chi connectivity index (χ3v) is 3.75. The predicted octanol–water partition coefficient (Wildman–Crippen LogP) is 2.23. The van der Waals surface area contributed by atoms with Gasteiger partial charge in [-0.25, -0.2) is 0 Å². The average molecular weight is 277 g/mol. The highest BCUT2D eigenvalue weighted by atomic mass is 16.6. The van der Waals surface area contributed by atoms with E-state index in [2.05, 4.69) is 17.6 Å². The standard InChI is InChI=1S/C14H19N3O3/c1-9-8-11(6-7-15-9)14(18)16-12-4-3-5-13(10(12)2)17(19)20/h3-5,9,11,15H,6-8H2,1-2H3,(H,16,18)/t9-,11-/m0/s1. The van der Waals surface area contributed by atoms with Gasteiger partial charge in [0.15, 0.2) is 0 Å². The molecule has 0 spiro atoms. The molecule has 1 aliphatic heterocycles. The molecule has 108 valence electrons. The predicted molar refractivity (Wildman–Crippen MR) is 76.7 cm³/mol. The molecule has 1 aromatic rings. The van der Waals surface area contributed by atoms with Gasteiger partial charge in [0.25, 0.3) is 5.69 Å². The molecule has 1 fully saturated rings. The van der Waals surface area contributed by atoms with E-state index in [-0.39, 0.29) is 17.5 Å². The van der Waals surface area contributed by atoms with Crippen molar-refractivity contribution in [3.8, 4) is 0 Å². The number of nitrogens with one attached hydrogen (secondary N) is 2. The first-order valence-electron chi connectivity index (χ1n) is 6.77. The smallest absolute Gasteiger partial charge is 0.274 e. The van der Waals surface area contributed by atoms with Crippen molar-refractivity contribution in [2.45, 2.75) is 32.7 Å². The second-order valence-corrected chi connectivity index (χ2v) is 5.27. The normalized spacial score (nSPS) is 22.3. The first kappa shape index (κ1) is 14.5. The SMILES string of the molecule is Cc1c(NC(=O)[C@H]2CCN[C@@H](C)C2)cccc1[N+](=O)[O-]. The summed E-state index contributed by atoms with van der Waals surface area (Å²) in [5.74, 6) is -0.0909. The zero-order valence-electron chi connectivity index (χ0n) is 11.7. The molecule has 6 nitrogen and oxygen atoms in total. The molecule has 0 bridgehead atoms. The Morgan fingerprint density at radius 2 is 2.25 bits per heavy atom. The van der Waals surface area contributed by atoms with E-state index in [1.807, 2.05) is 0 Å². The number of nitrogens with zero attached hydrogens (tertiary/aromatic N) is 1. The van der Waals surface area contributed by atoms with Gasteiger partial charge in [-0.1, -0.05) is 6.07 Å². The van der Waals surface area contributed by atoms with E-state index in [1.54, 1.807) is 19.1 Å². The number of carbonyl (C=O) groups is 1. The molecule has 1 aromatic carbocycles. The molecular formula is C14H19N3O3. The van der Waals surface area contributed by atoms with Crippen LogP contribution in [0, 0.1) is 23.0 Å². The van der Waals surface area contributed by atoms with E-state index in [4.69, 9.17) is 0 Å². The number of piperidine rings is 1. The highest BCUT2D eigenvalue weighted by Crippen LogP contribution is 2.26. The molecule has 1 aliphatic rings. The summed E-state index contributed by atoms with van der Waals surface area (Å²) in [5.41, 5.74) is 1.05. The molecule has 20 heavy (non-hydrogen) atoms. The summed E-state index contributed by atoms with van der Waals surface area (Å²) in [7, 11) is 0. The first-order valence-corrected chi connectivity index (χ1v) is 6.77. The van der Waals surface area contributed by atoms with Gasteiger partial charge in [-0.3, -0.25) is 14.9 Å². The van der Waals surface area contributed by atoms with Crippen molar-refractivity contribution in [2.24, 2.45) is 5.92 Å². The summed E-state index contributed by atoms with van der Waals surface area (Å²) in [4.78, 5) is 22.7. The summed E-state index contributed by atoms with van der Waals surface area (Å²) in [6, 6.07) is 5.06. The zero-order valence-corrected chi connectivity index (χ0v) is 11.7. The number of anilines is 1. The summed E-state index contributed by atoms with van der Waals surface area (Å²) >= 11 is 0. The lowest BCUT2D eigenvalue weighted by Crippen LogP contribution is -2.40. The van der Waals surface area contributed by atoms with Crippen molar-refractivity contribution < 1.29 is 9.72 Å². The van der Waals surface area contributed by atoms with Crippen LogP contribution in [0.15, 0.2) is 18.2 Å². The van der Waals surface area contributed by atoms with Crippen LogP contribution >= 0.6 is 0 Å². The molecule has 0 radical (unpaired) electrons. The molecular weight excluding hydrogens is 258 g/mol. The van der Waals surface area contributed by atoms with E-state index >= 15 is 0 Å². The fraction of sp³-hybridized carbons (Fsp3) is 0.500. The summed E-state index contributed by atoms with van der Waals surface area (Å²) in [6.45, 7) is 4.53. The second kappa shape index (κ2) is 6.00. The van der Waals surface area contributed by atoms with Crippen molar-refractivity contribution in [1.29, 1.82) is 0 Å². The molecule has 2 rings (SSSR count). The van der Waals surface area contributed by atoms with Crippen molar-refractivity contribution in [3.05, 3.63) is 33.9 Å². The van der Waals surface area contributed by atoms with Gasteiger partial charge in [0.1, 0.15) is 0 Å². The summed E-state index contributed by atoms with van der Waals surface area (Å²) in [6.07, 6.45) is 1.59. The lowest BCUT2D eigenvalue weighted by atomic mass is 9.92. The molecule has 1 amide bonds. The third-order valence-electron chi connectivity index (χ3n) is 3.75. The Balaban J connectivity index is 2.11. The van der Waals surface area contributed by atoms with E-state index in [9.17, 15) is 14.9 Å². The lowest BCUT2D eigenvalue weighted by Gasteiger charge is -2.27. The lowest BCUT2D eigenvalue weighted by molar-refractivity contribution is -0.385. The van der Waals surface area contributed by atoms with Crippen molar-refractivity contribution in [1.82, 2.24) is 5.32 Å². The highest BCUT2D eigenvalue weighted by molar-refractivity contribution is 5.93. The topological polar surface area (TPSA) is 84.3 Å². The number of nitro groups is 1. The minimum atomic E-state index is -0.433. The molecule has 1 heterocycles. The molecule has 0 aliphatic carbocycles. The number of rotatable bonds is 3. The average Bonchev–Trinajstić information content (AvgIpc) is 2.40. The third kappa shape index (κ3) is 3.14. The van der Waals surface area contributed by atoms with Gasteiger partial charge < -0.3 is 10.6 Å². The number of hydrogen-bond acceptors (Lipinski definition) is 4. The van der Waals surface area contributed by atoms with Crippen LogP contribution in [0.5, 0.6) is 0 Å². The van der Waals surface area contributed by atoms with Crippen LogP contribution < -0.4 is 10.6 Å². The van der Waals surface area contributed by atoms with Crippen LogP contribution in [0.4, 0.5) is 11.4 Å². The molecule has 2 atom stereocenters. The number of amides is 1. The van der Waals surface area contributed by atoms with Crippen molar-refractivity contribution in [2.75, 3.05) is 11.9 Å². The van der Waals surface area contributed by atoms with E-state index < -0.39 is 4.92 Å². The minimum Gasteiger partial charge on any atom is -0.325 e. The van der Waals surface area contributed by atoms with E-state index in [1.165, 1.54) is 6.07 Å². The Kier molecular flexibility index (Phi) is 4.34. The van der Waals surface area contributed by atoms with Gasteiger partial charge >= 0.3 is 0 Å². The first-order chi connectivity index (χ1) is 9.49. The van der Waals surface area contributed by atoms with Crippen LogP contribution in [-0.2, 0) is 4.79 Å². The van der Waals surface area contributed by atoms with Gasteiger partial charge in [0.05, 0.1) is 16.2 Å². The fourth-order valence-electron chi connectivity index (χ4n) is 2.56. The van der Waals surface area contributed by atoms with Crippen molar-refractivity contribution >= 4 is 17.3 Å². The quantitative estimate of drug-likeness (QED) is 0.655. The maximum Gasteiger partial charge on any atom is 0.274 e. The van der Waals surface area contributed by atoms with Gasteiger partial charge in [-0.15, -0.1) is 0 Å². The largest absolute Gasteiger partial charge is 0.325 e. The molecule has 1 saturated heterocycles. The Morgan fingerprint density at radius 3 is 2.90 bits per heavy atom. The fourth-order valence-corrected chi connectivity index (χ4v) is 2.56. The molecule has 0 saturated carbocycles. The summed E-state index contributed by atoms with van der Waals surface area (Å²) < 4.78 is 0. The van der Waals surface area contributed by atoms with Gasteiger partial charge in [-0.2, -0.15) is 0 Å². The molecule has 6 heteroatoms. The van der Waals surface area contributed by atoms with Gasteiger partial charge in [-0.05, 0) is 39.3 Å². The van der Waals surface area contributed by atoms with E-state index in [0.717, 1.165) is 19.4 Å². The molecule has 0 aromatic heterocycles. The van der Waals surface area contributed by atoms with Gasteiger partial charge in [0.2, 0.25) is 5.91 Å². The van der Waals surface area contributed by atoms with Crippen LogP contribution in [-0.4, -0.2) is 23.4 Å². The Morgan fingerprint density at radius 1 is 1.50 bits per heavy atom. The van der Waals surface area contributed by atoms with Crippen LogP contribution in [0.25, 0.3) is 0 Å². The second-order valence-electron chi connectivity index (χ2n) is 5.27. The van der Waals surface area contributed by atoms with Crippen LogP contribution in [0.2, 0.25) is 0 Å². The highest BCUT2D eigenvalue weighted by Gasteiger charge is 2.25. The minimum absolute atomic E-state index is 0.0291. The van der Waals surface area contributed by atoms with Crippen LogP contribution in [0.3, 0.4) is 0 Å². The van der Waals surface area contributed by atoms with Crippen LogP contribution in [0.1, 0.15) is 25.3 Å². The number of carbonyl (C=O) groups excluding carboxylic acids is 1. The number of nitro benzene ring substituents is 1. The monoisotopic (exact) mass is 277 g/mol. The zero-order chi connectivity index (χ0) is 14.7. The van der Waals surface area contributed by atoms with Gasteiger partial charge in [0, 0.05) is 18.0 Å². The maximum atomic E-state index is 12.2. The Labute approximate surface area is 117 Å². The number of hydrogen-bond donors (Lipinski definition) is 2. The Hall–Kier alpha value is -1.95. The molecule has 0 unspecified atom stereocenters. The summed E-state index contributed by atoms with van der Waals surface area (Å²) in [5, 5.41) is 17.0. The molecule has 2 N–H and O–H groups in total. The maximum absolute atomic E-state index is 12.2. The van der Waals surface area contributed by atoms with E-state index in [0.29, 0.717) is 17.3 Å². The Bertz CT molecular complexity index is 530.